The Labute approximate surface area is 118 Å². The molecule has 0 aliphatic carbocycles. The van der Waals surface area contributed by atoms with Crippen molar-refractivity contribution in [3.63, 3.8) is 0 Å². The smallest absolute Gasteiger partial charge is 0.317 e. The van der Waals surface area contributed by atoms with Crippen LogP contribution in [0.15, 0.2) is 54.6 Å². The van der Waals surface area contributed by atoms with Gasteiger partial charge in [0.15, 0.2) is 0 Å². The lowest BCUT2D eigenvalue weighted by molar-refractivity contribution is -0.135. The Morgan fingerprint density at radius 3 is 2.50 bits per heavy atom. The SMILES string of the molecule is O=C(O)CNCCc1ccccc1Oc1ccccc1. The molecule has 2 aromatic rings. The van der Waals surface area contributed by atoms with Gasteiger partial charge >= 0.3 is 5.97 Å². The maximum atomic E-state index is 10.4. The van der Waals surface area contributed by atoms with Crippen molar-refractivity contribution in [2.45, 2.75) is 6.42 Å². The van der Waals surface area contributed by atoms with Crippen molar-refractivity contribution in [3.05, 3.63) is 60.2 Å². The van der Waals surface area contributed by atoms with Crippen LogP contribution in [0.25, 0.3) is 0 Å². The molecule has 104 valence electrons. The van der Waals surface area contributed by atoms with Crippen molar-refractivity contribution in [2.75, 3.05) is 13.1 Å². The first-order valence-corrected chi connectivity index (χ1v) is 6.49. The minimum absolute atomic E-state index is 0.0261. The molecule has 0 unspecified atom stereocenters. The molecule has 0 fully saturated rings. The van der Waals surface area contributed by atoms with E-state index in [1.165, 1.54) is 0 Å². The van der Waals surface area contributed by atoms with Gasteiger partial charge in [-0.05, 0) is 36.7 Å². The van der Waals surface area contributed by atoms with Crippen molar-refractivity contribution in [1.82, 2.24) is 5.32 Å². The average molecular weight is 271 g/mol. The van der Waals surface area contributed by atoms with Crippen LogP contribution in [0.3, 0.4) is 0 Å². The van der Waals surface area contributed by atoms with Crippen molar-refractivity contribution in [1.29, 1.82) is 0 Å². The molecule has 4 heteroatoms. The number of para-hydroxylation sites is 2. The summed E-state index contributed by atoms with van der Waals surface area (Å²) in [5.41, 5.74) is 1.05. The second-order valence-electron chi connectivity index (χ2n) is 4.34. The Morgan fingerprint density at radius 2 is 1.75 bits per heavy atom. The molecule has 0 saturated heterocycles. The van der Waals surface area contributed by atoms with Crippen molar-refractivity contribution in [2.24, 2.45) is 0 Å². The number of aliphatic carboxylic acids is 1. The standard InChI is InChI=1S/C16H17NO3/c18-16(19)12-17-11-10-13-6-4-5-9-15(13)20-14-7-2-1-3-8-14/h1-9,17H,10-12H2,(H,18,19). The molecule has 2 aromatic carbocycles. The van der Waals surface area contributed by atoms with Gasteiger partial charge in [-0.1, -0.05) is 36.4 Å². The zero-order valence-electron chi connectivity index (χ0n) is 11.1. The molecular weight excluding hydrogens is 254 g/mol. The first kappa shape index (κ1) is 14.1. The summed E-state index contributed by atoms with van der Waals surface area (Å²) in [7, 11) is 0. The fourth-order valence-electron chi connectivity index (χ4n) is 1.84. The Balaban J connectivity index is 1.97. The average Bonchev–Trinajstić information content (AvgIpc) is 2.46. The molecule has 2 rings (SSSR count). The highest BCUT2D eigenvalue weighted by molar-refractivity contribution is 5.68. The fraction of sp³-hybridized carbons (Fsp3) is 0.188. The van der Waals surface area contributed by atoms with E-state index in [-0.39, 0.29) is 6.54 Å². The molecule has 20 heavy (non-hydrogen) atoms. The lowest BCUT2D eigenvalue weighted by Crippen LogP contribution is -2.24. The van der Waals surface area contributed by atoms with Crippen LogP contribution in [0.5, 0.6) is 11.5 Å². The summed E-state index contributed by atoms with van der Waals surface area (Å²) in [6.45, 7) is 0.573. The quantitative estimate of drug-likeness (QED) is 0.760. The van der Waals surface area contributed by atoms with E-state index in [1.54, 1.807) is 0 Å². The molecule has 0 atom stereocenters. The predicted octanol–water partition coefficient (Wildman–Crippen LogP) is 2.70. The number of carbonyl (C=O) groups is 1. The van der Waals surface area contributed by atoms with Gasteiger partial charge in [0, 0.05) is 0 Å². The lowest BCUT2D eigenvalue weighted by atomic mass is 10.1. The number of hydrogen-bond acceptors (Lipinski definition) is 3. The van der Waals surface area contributed by atoms with E-state index in [2.05, 4.69) is 5.32 Å². The summed E-state index contributed by atoms with van der Waals surface area (Å²) >= 11 is 0. The highest BCUT2D eigenvalue weighted by Crippen LogP contribution is 2.25. The summed E-state index contributed by atoms with van der Waals surface area (Å²) in [6, 6.07) is 17.4. The van der Waals surface area contributed by atoms with Gasteiger partial charge < -0.3 is 15.2 Å². The molecule has 0 aromatic heterocycles. The highest BCUT2D eigenvalue weighted by Gasteiger charge is 2.04. The van der Waals surface area contributed by atoms with Gasteiger partial charge in [0.2, 0.25) is 0 Å². The van der Waals surface area contributed by atoms with Crippen LogP contribution < -0.4 is 10.1 Å². The Kier molecular flexibility index (Phi) is 5.15. The molecule has 0 heterocycles. The molecule has 0 radical (unpaired) electrons. The van der Waals surface area contributed by atoms with Crippen LogP contribution in [0.1, 0.15) is 5.56 Å². The summed E-state index contributed by atoms with van der Waals surface area (Å²) in [6.07, 6.45) is 0.719. The second-order valence-corrected chi connectivity index (χ2v) is 4.34. The fourth-order valence-corrected chi connectivity index (χ4v) is 1.84. The molecule has 0 spiro atoms. The number of carboxylic acids is 1. The minimum Gasteiger partial charge on any atom is -0.480 e. The monoisotopic (exact) mass is 271 g/mol. The molecule has 0 aliphatic rings. The van der Waals surface area contributed by atoms with Crippen LogP contribution in [0.4, 0.5) is 0 Å². The van der Waals surface area contributed by atoms with Gasteiger partial charge in [0.1, 0.15) is 11.5 Å². The maximum absolute atomic E-state index is 10.4. The van der Waals surface area contributed by atoms with Crippen LogP contribution >= 0.6 is 0 Å². The number of hydrogen-bond donors (Lipinski definition) is 2. The number of ether oxygens (including phenoxy) is 1. The Bertz CT molecular complexity index is 555. The lowest BCUT2D eigenvalue weighted by Gasteiger charge is -2.11. The largest absolute Gasteiger partial charge is 0.480 e. The van der Waals surface area contributed by atoms with Crippen molar-refractivity contribution >= 4 is 5.97 Å². The molecule has 0 saturated carbocycles. The van der Waals surface area contributed by atoms with Gasteiger partial charge in [0.05, 0.1) is 6.54 Å². The minimum atomic E-state index is -0.848. The third kappa shape index (κ3) is 4.40. The second kappa shape index (κ2) is 7.31. The van der Waals surface area contributed by atoms with Crippen LogP contribution in [-0.2, 0) is 11.2 Å². The number of benzene rings is 2. The molecular formula is C16H17NO3. The summed E-state index contributed by atoms with van der Waals surface area (Å²) in [4.78, 5) is 10.4. The van der Waals surface area contributed by atoms with Crippen molar-refractivity contribution in [3.8, 4) is 11.5 Å². The Morgan fingerprint density at radius 1 is 1.05 bits per heavy atom. The van der Waals surface area contributed by atoms with E-state index in [9.17, 15) is 4.79 Å². The first-order valence-electron chi connectivity index (χ1n) is 6.49. The van der Waals surface area contributed by atoms with E-state index in [0.29, 0.717) is 6.54 Å². The van der Waals surface area contributed by atoms with E-state index in [0.717, 1.165) is 23.5 Å². The third-order valence-corrected chi connectivity index (χ3v) is 2.79. The Hall–Kier alpha value is -2.33. The molecule has 0 bridgehead atoms. The number of carboxylic acid groups (broad SMARTS) is 1. The molecule has 2 N–H and O–H groups in total. The highest BCUT2D eigenvalue weighted by atomic mass is 16.5. The van der Waals surface area contributed by atoms with E-state index in [1.807, 2.05) is 54.6 Å². The van der Waals surface area contributed by atoms with Gasteiger partial charge in [-0.15, -0.1) is 0 Å². The van der Waals surface area contributed by atoms with Crippen LogP contribution in [0, 0.1) is 0 Å². The van der Waals surface area contributed by atoms with Crippen LogP contribution in [0.2, 0.25) is 0 Å². The summed E-state index contributed by atoms with van der Waals surface area (Å²) in [5.74, 6) is 0.744. The molecule has 0 aliphatic heterocycles. The third-order valence-electron chi connectivity index (χ3n) is 2.79. The van der Waals surface area contributed by atoms with Crippen LogP contribution in [-0.4, -0.2) is 24.2 Å². The zero-order chi connectivity index (χ0) is 14.2. The van der Waals surface area contributed by atoms with Gasteiger partial charge in [-0.25, -0.2) is 0 Å². The van der Waals surface area contributed by atoms with Gasteiger partial charge in [0.25, 0.3) is 0 Å². The normalized spacial score (nSPS) is 10.2. The van der Waals surface area contributed by atoms with E-state index < -0.39 is 5.97 Å². The topological polar surface area (TPSA) is 58.6 Å². The number of nitrogens with one attached hydrogen (secondary N) is 1. The zero-order valence-corrected chi connectivity index (χ0v) is 11.1. The predicted molar refractivity (Wildman–Crippen MR) is 77.2 cm³/mol. The number of rotatable bonds is 7. The molecule has 4 nitrogen and oxygen atoms in total. The summed E-state index contributed by atoms with van der Waals surface area (Å²) < 4.78 is 5.84. The van der Waals surface area contributed by atoms with E-state index >= 15 is 0 Å². The van der Waals surface area contributed by atoms with E-state index in [4.69, 9.17) is 9.84 Å². The maximum Gasteiger partial charge on any atom is 0.317 e. The summed E-state index contributed by atoms with van der Waals surface area (Å²) in [5, 5.41) is 11.4. The first-order chi connectivity index (χ1) is 9.75. The molecule has 0 amide bonds. The van der Waals surface area contributed by atoms with Crippen molar-refractivity contribution < 1.29 is 14.6 Å². The van der Waals surface area contributed by atoms with Gasteiger partial charge in [-0.3, -0.25) is 4.79 Å². The van der Waals surface area contributed by atoms with Gasteiger partial charge in [-0.2, -0.15) is 0 Å².